The van der Waals surface area contributed by atoms with E-state index in [0.29, 0.717) is 18.2 Å². The van der Waals surface area contributed by atoms with Gasteiger partial charge < -0.3 is 4.74 Å². The smallest absolute Gasteiger partial charge is 0.292 e. The molecule has 1 N–H and O–H groups in total. The maximum Gasteiger partial charge on any atom is 0.292 e. The SMILES string of the molecule is CC(C)COc1ccccc1/C=N/NC(=O)c1nn(-c2ccccc2)c2c1CCC2. The number of benzene rings is 2. The summed E-state index contributed by atoms with van der Waals surface area (Å²) >= 11 is 0. The Hall–Kier alpha value is -3.41. The number of para-hydroxylation sites is 2. The topological polar surface area (TPSA) is 68.5 Å². The second kappa shape index (κ2) is 8.95. The molecule has 0 spiro atoms. The molecular weight excluding hydrogens is 376 g/mol. The lowest BCUT2D eigenvalue weighted by Gasteiger charge is -2.10. The number of nitrogens with one attached hydrogen (secondary N) is 1. The third kappa shape index (κ3) is 4.27. The van der Waals surface area contributed by atoms with E-state index < -0.39 is 0 Å². The van der Waals surface area contributed by atoms with Crippen LogP contribution in [0.3, 0.4) is 0 Å². The first-order valence-electron chi connectivity index (χ1n) is 10.3. The van der Waals surface area contributed by atoms with Crippen molar-refractivity contribution in [2.75, 3.05) is 6.61 Å². The van der Waals surface area contributed by atoms with Gasteiger partial charge >= 0.3 is 0 Å². The highest BCUT2D eigenvalue weighted by Crippen LogP contribution is 2.27. The Balaban J connectivity index is 1.51. The molecule has 1 aliphatic carbocycles. The fourth-order valence-corrected chi connectivity index (χ4v) is 3.59. The first-order valence-corrected chi connectivity index (χ1v) is 10.3. The van der Waals surface area contributed by atoms with E-state index in [1.165, 1.54) is 0 Å². The van der Waals surface area contributed by atoms with E-state index in [4.69, 9.17) is 4.74 Å². The maximum atomic E-state index is 12.8. The zero-order chi connectivity index (χ0) is 20.9. The third-order valence-electron chi connectivity index (χ3n) is 5.01. The first kappa shape index (κ1) is 19.9. The standard InChI is InChI=1S/C24H26N4O2/c1-17(2)16-30-22-14-7-6-9-18(22)15-25-26-24(29)23-20-12-8-13-21(20)28(27-23)19-10-4-3-5-11-19/h3-7,9-11,14-15,17H,8,12-13,16H2,1-2H3,(H,26,29)/b25-15+. The van der Waals surface area contributed by atoms with Crippen molar-refractivity contribution >= 4 is 12.1 Å². The van der Waals surface area contributed by atoms with Gasteiger partial charge in [-0.25, -0.2) is 10.1 Å². The fraction of sp³-hybridized carbons (Fsp3) is 0.292. The van der Waals surface area contributed by atoms with Crippen LogP contribution < -0.4 is 10.2 Å². The zero-order valence-electron chi connectivity index (χ0n) is 17.3. The van der Waals surface area contributed by atoms with Crippen molar-refractivity contribution in [3.05, 3.63) is 77.1 Å². The number of rotatable bonds is 7. The average molecular weight is 402 g/mol. The second-order valence-electron chi connectivity index (χ2n) is 7.82. The highest BCUT2D eigenvalue weighted by Gasteiger charge is 2.26. The number of hydrogen-bond acceptors (Lipinski definition) is 4. The summed E-state index contributed by atoms with van der Waals surface area (Å²) < 4.78 is 7.72. The summed E-state index contributed by atoms with van der Waals surface area (Å²) in [6, 6.07) is 17.6. The van der Waals surface area contributed by atoms with Crippen molar-refractivity contribution in [2.45, 2.75) is 33.1 Å². The number of ether oxygens (including phenoxy) is 1. The molecule has 30 heavy (non-hydrogen) atoms. The summed E-state index contributed by atoms with van der Waals surface area (Å²) in [5.74, 6) is 0.884. The molecular formula is C24H26N4O2. The van der Waals surface area contributed by atoms with Gasteiger partial charge in [0.25, 0.3) is 5.91 Å². The Morgan fingerprint density at radius 3 is 2.73 bits per heavy atom. The van der Waals surface area contributed by atoms with E-state index in [-0.39, 0.29) is 5.91 Å². The lowest BCUT2D eigenvalue weighted by Crippen LogP contribution is -2.20. The Bertz CT molecular complexity index is 1050. The normalized spacial score (nSPS) is 13.0. The molecule has 0 radical (unpaired) electrons. The molecule has 0 atom stereocenters. The Labute approximate surface area is 176 Å². The van der Waals surface area contributed by atoms with Crippen LogP contribution >= 0.6 is 0 Å². The van der Waals surface area contributed by atoms with E-state index in [9.17, 15) is 4.79 Å². The second-order valence-corrected chi connectivity index (χ2v) is 7.82. The van der Waals surface area contributed by atoms with E-state index >= 15 is 0 Å². The van der Waals surface area contributed by atoms with Gasteiger partial charge in [-0.15, -0.1) is 0 Å². The van der Waals surface area contributed by atoms with Crippen molar-refractivity contribution in [2.24, 2.45) is 11.0 Å². The van der Waals surface area contributed by atoms with Gasteiger partial charge in [0.15, 0.2) is 5.69 Å². The number of hydrogen-bond donors (Lipinski definition) is 1. The van der Waals surface area contributed by atoms with Crippen molar-refractivity contribution in [3.63, 3.8) is 0 Å². The number of hydrazone groups is 1. The molecule has 154 valence electrons. The minimum atomic E-state index is -0.292. The van der Waals surface area contributed by atoms with Gasteiger partial charge in [-0.2, -0.15) is 10.2 Å². The Kier molecular flexibility index (Phi) is 5.93. The van der Waals surface area contributed by atoms with Crippen LogP contribution in [0, 0.1) is 5.92 Å². The third-order valence-corrected chi connectivity index (χ3v) is 5.01. The molecule has 1 amide bonds. The van der Waals surface area contributed by atoms with Gasteiger partial charge in [-0.3, -0.25) is 4.79 Å². The van der Waals surface area contributed by atoms with Gasteiger partial charge in [0.1, 0.15) is 5.75 Å². The minimum absolute atomic E-state index is 0.292. The molecule has 1 aliphatic rings. The Morgan fingerprint density at radius 1 is 1.17 bits per heavy atom. The molecule has 1 aromatic heterocycles. The van der Waals surface area contributed by atoms with Gasteiger partial charge in [-0.1, -0.05) is 44.2 Å². The van der Waals surface area contributed by atoms with Gasteiger partial charge in [0.2, 0.25) is 0 Å². The van der Waals surface area contributed by atoms with Crippen LogP contribution in [0.25, 0.3) is 5.69 Å². The van der Waals surface area contributed by atoms with Crippen LogP contribution in [0.1, 0.15) is 47.6 Å². The summed E-state index contributed by atoms with van der Waals surface area (Å²) in [6.45, 7) is 4.83. The van der Waals surface area contributed by atoms with Crippen LogP contribution in [0.5, 0.6) is 5.75 Å². The molecule has 6 nitrogen and oxygen atoms in total. The molecule has 3 aromatic rings. The van der Waals surface area contributed by atoms with Crippen molar-refractivity contribution in [1.82, 2.24) is 15.2 Å². The molecule has 2 aromatic carbocycles. The number of aromatic nitrogens is 2. The first-order chi connectivity index (χ1) is 14.6. The lowest BCUT2D eigenvalue weighted by atomic mass is 10.2. The van der Waals surface area contributed by atoms with E-state index in [2.05, 4.69) is 29.5 Å². The summed E-state index contributed by atoms with van der Waals surface area (Å²) in [5, 5.41) is 8.76. The van der Waals surface area contributed by atoms with Crippen LogP contribution in [0.2, 0.25) is 0 Å². The zero-order valence-corrected chi connectivity index (χ0v) is 17.3. The maximum absolute atomic E-state index is 12.8. The molecule has 6 heteroatoms. The fourth-order valence-electron chi connectivity index (χ4n) is 3.59. The highest BCUT2D eigenvalue weighted by molar-refractivity contribution is 5.95. The number of amides is 1. The summed E-state index contributed by atoms with van der Waals surface area (Å²) in [7, 11) is 0. The quantitative estimate of drug-likeness (QED) is 0.477. The van der Waals surface area contributed by atoms with Gasteiger partial charge in [0.05, 0.1) is 18.5 Å². The van der Waals surface area contributed by atoms with Gasteiger partial charge in [-0.05, 0) is 49.4 Å². The molecule has 0 aliphatic heterocycles. The van der Waals surface area contributed by atoms with Crippen molar-refractivity contribution in [3.8, 4) is 11.4 Å². The number of carbonyl (C=O) groups excluding carboxylic acids is 1. The monoisotopic (exact) mass is 402 g/mol. The molecule has 0 bridgehead atoms. The highest BCUT2D eigenvalue weighted by atomic mass is 16.5. The van der Waals surface area contributed by atoms with E-state index in [0.717, 1.165) is 47.5 Å². The van der Waals surface area contributed by atoms with Crippen LogP contribution in [-0.4, -0.2) is 28.5 Å². The minimum Gasteiger partial charge on any atom is -0.493 e. The predicted octanol–water partition coefficient (Wildman–Crippen LogP) is 4.16. The Morgan fingerprint density at radius 2 is 1.93 bits per heavy atom. The van der Waals surface area contributed by atoms with E-state index in [1.807, 2.05) is 59.3 Å². The summed E-state index contributed by atoms with van der Waals surface area (Å²) in [5.41, 5.74) is 7.00. The predicted molar refractivity (Wildman–Crippen MR) is 117 cm³/mol. The summed E-state index contributed by atoms with van der Waals surface area (Å²) in [4.78, 5) is 12.8. The molecule has 0 fully saturated rings. The molecule has 0 saturated carbocycles. The van der Waals surface area contributed by atoms with E-state index in [1.54, 1.807) is 6.21 Å². The molecule has 0 saturated heterocycles. The van der Waals surface area contributed by atoms with Gasteiger partial charge in [0, 0.05) is 16.8 Å². The van der Waals surface area contributed by atoms with Crippen LogP contribution in [0.4, 0.5) is 0 Å². The molecule has 1 heterocycles. The number of carbonyl (C=O) groups is 1. The van der Waals surface area contributed by atoms with Crippen molar-refractivity contribution < 1.29 is 9.53 Å². The number of fused-ring (bicyclic) bond motifs is 1. The largest absolute Gasteiger partial charge is 0.493 e. The van der Waals surface area contributed by atoms with Crippen LogP contribution in [0.15, 0.2) is 59.7 Å². The average Bonchev–Trinajstić information content (AvgIpc) is 3.36. The molecule has 0 unspecified atom stereocenters. The van der Waals surface area contributed by atoms with Crippen molar-refractivity contribution in [1.29, 1.82) is 0 Å². The summed E-state index contributed by atoms with van der Waals surface area (Å²) in [6.07, 6.45) is 4.43. The molecule has 4 rings (SSSR count). The van der Waals surface area contributed by atoms with Crippen LogP contribution in [-0.2, 0) is 12.8 Å². The number of nitrogens with zero attached hydrogens (tertiary/aromatic N) is 3. The lowest BCUT2D eigenvalue weighted by molar-refractivity contribution is 0.0949.